The summed E-state index contributed by atoms with van der Waals surface area (Å²) in [5.74, 6) is 7.09. The number of rotatable bonds is 10. The van der Waals surface area contributed by atoms with Crippen molar-refractivity contribution in [3.63, 3.8) is 0 Å². The van der Waals surface area contributed by atoms with Crippen molar-refractivity contribution >= 4 is 11.6 Å². The Morgan fingerprint density at radius 3 is 2.55 bits per heavy atom. The molecule has 0 radical (unpaired) electrons. The molecule has 20 heavy (non-hydrogen) atoms. The molecular formula is C13H25N5O2. The van der Waals surface area contributed by atoms with Gasteiger partial charge in [-0.05, 0) is 12.8 Å². The van der Waals surface area contributed by atoms with Crippen LogP contribution in [0.2, 0.25) is 0 Å². The monoisotopic (exact) mass is 283 g/mol. The number of hydrogen-bond acceptors (Lipinski definition) is 7. The van der Waals surface area contributed by atoms with Crippen LogP contribution in [0.1, 0.15) is 18.9 Å². The van der Waals surface area contributed by atoms with Crippen molar-refractivity contribution in [3.8, 4) is 0 Å². The van der Waals surface area contributed by atoms with Crippen molar-refractivity contribution in [3.05, 3.63) is 11.9 Å². The first-order valence-corrected chi connectivity index (χ1v) is 6.81. The van der Waals surface area contributed by atoms with E-state index in [-0.39, 0.29) is 0 Å². The van der Waals surface area contributed by atoms with E-state index < -0.39 is 0 Å². The van der Waals surface area contributed by atoms with E-state index in [0.29, 0.717) is 12.4 Å². The van der Waals surface area contributed by atoms with Crippen molar-refractivity contribution in [2.45, 2.75) is 19.8 Å². The Kier molecular flexibility index (Phi) is 7.86. The second kappa shape index (κ2) is 9.46. The van der Waals surface area contributed by atoms with Crippen LogP contribution in [0.3, 0.4) is 0 Å². The number of methoxy groups -OCH3 is 2. The van der Waals surface area contributed by atoms with Gasteiger partial charge in [-0.15, -0.1) is 0 Å². The Labute approximate surface area is 120 Å². The van der Waals surface area contributed by atoms with E-state index in [1.54, 1.807) is 14.2 Å². The van der Waals surface area contributed by atoms with E-state index in [1.165, 1.54) is 6.33 Å². The van der Waals surface area contributed by atoms with Crippen LogP contribution in [-0.4, -0.2) is 50.5 Å². The molecule has 1 rings (SSSR count). The third-order valence-corrected chi connectivity index (χ3v) is 3.05. The fraction of sp³-hybridized carbons (Fsp3) is 0.692. The highest BCUT2D eigenvalue weighted by Crippen LogP contribution is 2.23. The van der Waals surface area contributed by atoms with Crippen molar-refractivity contribution in [2.24, 2.45) is 5.84 Å². The van der Waals surface area contributed by atoms with Crippen molar-refractivity contribution in [1.82, 2.24) is 9.97 Å². The van der Waals surface area contributed by atoms with E-state index in [2.05, 4.69) is 27.2 Å². The molecule has 0 aliphatic carbocycles. The largest absolute Gasteiger partial charge is 0.385 e. The zero-order valence-electron chi connectivity index (χ0n) is 12.6. The van der Waals surface area contributed by atoms with Gasteiger partial charge in [0, 0.05) is 39.5 Å². The fourth-order valence-corrected chi connectivity index (χ4v) is 2.05. The normalized spacial score (nSPS) is 10.6. The third kappa shape index (κ3) is 4.59. The molecule has 0 saturated heterocycles. The summed E-state index contributed by atoms with van der Waals surface area (Å²) in [6, 6.07) is 0. The molecule has 0 atom stereocenters. The molecule has 0 bridgehead atoms. The van der Waals surface area contributed by atoms with Crippen molar-refractivity contribution in [1.29, 1.82) is 0 Å². The molecule has 0 aliphatic heterocycles. The number of ether oxygens (including phenoxy) is 2. The molecule has 7 nitrogen and oxygen atoms in total. The molecule has 0 aliphatic rings. The fourth-order valence-electron chi connectivity index (χ4n) is 2.05. The lowest BCUT2D eigenvalue weighted by Crippen LogP contribution is -2.31. The maximum Gasteiger partial charge on any atom is 0.148 e. The average Bonchev–Trinajstić information content (AvgIpc) is 2.49. The van der Waals surface area contributed by atoms with Gasteiger partial charge < -0.3 is 19.8 Å². The lowest BCUT2D eigenvalue weighted by Gasteiger charge is -2.26. The van der Waals surface area contributed by atoms with Crippen LogP contribution < -0.4 is 16.2 Å². The predicted molar refractivity (Wildman–Crippen MR) is 79.8 cm³/mol. The molecule has 1 aromatic rings. The Morgan fingerprint density at radius 2 is 1.95 bits per heavy atom. The van der Waals surface area contributed by atoms with Gasteiger partial charge in [0.05, 0.1) is 6.61 Å². The molecule has 0 amide bonds. The van der Waals surface area contributed by atoms with Gasteiger partial charge in [0.15, 0.2) is 0 Å². The molecule has 114 valence electrons. The van der Waals surface area contributed by atoms with Crippen LogP contribution in [-0.2, 0) is 15.9 Å². The molecule has 1 heterocycles. The van der Waals surface area contributed by atoms with Gasteiger partial charge in [0.2, 0.25) is 0 Å². The molecule has 3 N–H and O–H groups in total. The topological polar surface area (TPSA) is 85.5 Å². The molecule has 7 heteroatoms. The second-order valence-electron chi connectivity index (χ2n) is 4.35. The third-order valence-electron chi connectivity index (χ3n) is 3.05. The molecule has 0 spiro atoms. The minimum atomic E-state index is 0.644. The Morgan fingerprint density at radius 1 is 1.20 bits per heavy atom. The average molecular weight is 283 g/mol. The molecule has 1 aromatic heterocycles. The smallest absolute Gasteiger partial charge is 0.148 e. The van der Waals surface area contributed by atoms with Crippen LogP contribution in [0.4, 0.5) is 11.6 Å². The van der Waals surface area contributed by atoms with Crippen LogP contribution in [0.5, 0.6) is 0 Å². The summed E-state index contributed by atoms with van der Waals surface area (Å²) in [5.41, 5.74) is 3.65. The minimum absolute atomic E-state index is 0.644. The summed E-state index contributed by atoms with van der Waals surface area (Å²) in [7, 11) is 3.40. The number of nitrogens with zero attached hydrogens (tertiary/aromatic N) is 3. The number of nitrogen functional groups attached to an aromatic ring is 1. The summed E-state index contributed by atoms with van der Waals surface area (Å²) in [6.45, 7) is 5.05. The molecular weight excluding hydrogens is 258 g/mol. The highest BCUT2D eigenvalue weighted by molar-refractivity contribution is 5.58. The molecule has 0 saturated carbocycles. The zero-order chi connectivity index (χ0) is 14.8. The zero-order valence-corrected chi connectivity index (χ0v) is 12.6. The van der Waals surface area contributed by atoms with E-state index in [0.717, 1.165) is 43.9 Å². The number of nitrogens with one attached hydrogen (secondary N) is 1. The first kappa shape index (κ1) is 16.6. The van der Waals surface area contributed by atoms with Crippen LogP contribution in [0, 0.1) is 0 Å². The quantitative estimate of drug-likeness (QED) is 0.373. The van der Waals surface area contributed by atoms with Crippen LogP contribution in [0.25, 0.3) is 0 Å². The molecule has 0 unspecified atom stereocenters. The number of nitrogens with two attached hydrogens (primary N) is 1. The van der Waals surface area contributed by atoms with Gasteiger partial charge in [-0.25, -0.2) is 15.8 Å². The van der Waals surface area contributed by atoms with Gasteiger partial charge in [0.1, 0.15) is 18.0 Å². The maximum absolute atomic E-state index is 5.51. The van der Waals surface area contributed by atoms with Gasteiger partial charge in [-0.2, -0.15) is 0 Å². The van der Waals surface area contributed by atoms with E-state index >= 15 is 0 Å². The van der Waals surface area contributed by atoms with Gasteiger partial charge in [-0.1, -0.05) is 6.92 Å². The lowest BCUT2D eigenvalue weighted by atomic mass is 10.2. The van der Waals surface area contributed by atoms with Crippen molar-refractivity contribution < 1.29 is 9.47 Å². The summed E-state index contributed by atoms with van der Waals surface area (Å²) < 4.78 is 10.3. The number of anilines is 2. The van der Waals surface area contributed by atoms with Crippen LogP contribution >= 0.6 is 0 Å². The Hall–Kier alpha value is -1.44. The highest BCUT2D eigenvalue weighted by Gasteiger charge is 2.15. The first-order chi connectivity index (χ1) is 9.78. The SMILES string of the molecule is CCc1c(NN)ncnc1N(CCCOC)CCOC. The van der Waals surface area contributed by atoms with Crippen LogP contribution in [0.15, 0.2) is 6.33 Å². The lowest BCUT2D eigenvalue weighted by molar-refractivity contribution is 0.191. The summed E-state index contributed by atoms with van der Waals surface area (Å²) >= 11 is 0. The van der Waals surface area contributed by atoms with Gasteiger partial charge in [0.25, 0.3) is 0 Å². The predicted octanol–water partition coefficient (Wildman–Crippen LogP) is 0.814. The summed E-state index contributed by atoms with van der Waals surface area (Å²) in [4.78, 5) is 10.8. The maximum atomic E-state index is 5.51. The van der Waals surface area contributed by atoms with E-state index in [9.17, 15) is 0 Å². The van der Waals surface area contributed by atoms with Gasteiger partial charge >= 0.3 is 0 Å². The number of hydrazine groups is 1. The molecule has 0 fully saturated rings. The second-order valence-corrected chi connectivity index (χ2v) is 4.35. The van der Waals surface area contributed by atoms with Gasteiger partial charge in [-0.3, -0.25) is 0 Å². The van der Waals surface area contributed by atoms with Crippen molar-refractivity contribution in [2.75, 3.05) is 50.8 Å². The Balaban J connectivity index is 2.92. The standard InChI is InChI=1S/C13H25N5O2/c1-4-11-12(17-14)15-10-16-13(11)18(7-9-20-3)6-5-8-19-2/h10H,4-9,14H2,1-3H3,(H,15,16,17). The van der Waals surface area contributed by atoms with E-state index in [1.807, 2.05) is 0 Å². The minimum Gasteiger partial charge on any atom is -0.385 e. The van der Waals surface area contributed by atoms with E-state index in [4.69, 9.17) is 15.3 Å². The number of aromatic nitrogens is 2. The Bertz CT molecular complexity index is 389. The first-order valence-electron chi connectivity index (χ1n) is 6.81. The summed E-state index contributed by atoms with van der Waals surface area (Å²) in [6.07, 6.45) is 3.27. The number of hydrogen-bond donors (Lipinski definition) is 2. The highest BCUT2D eigenvalue weighted by atomic mass is 16.5. The summed E-state index contributed by atoms with van der Waals surface area (Å²) in [5, 5.41) is 0. The molecule has 0 aromatic carbocycles.